The Morgan fingerprint density at radius 1 is 1.45 bits per heavy atom. The number of rotatable bonds is 2. The van der Waals surface area contributed by atoms with Gasteiger partial charge in [0.05, 0.1) is 24.7 Å². The van der Waals surface area contributed by atoms with Gasteiger partial charge in [0, 0.05) is 13.1 Å². The van der Waals surface area contributed by atoms with Gasteiger partial charge in [0.2, 0.25) is 0 Å². The van der Waals surface area contributed by atoms with Gasteiger partial charge in [0.25, 0.3) is 0 Å². The molecule has 4 nitrogen and oxygen atoms in total. The second-order valence-corrected chi connectivity index (χ2v) is 5.43. The highest BCUT2D eigenvalue weighted by molar-refractivity contribution is 14.0. The number of halogens is 4. The molecule has 1 saturated heterocycles. The summed E-state index contributed by atoms with van der Waals surface area (Å²) in [7, 11) is 0. The summed E-state index contributed by atoms with van der Waals surface area (Å²) in [6.07, 6.45) is -3.22. The van der Waals surface area contributed by atoms with E-state index in [1.807, 2.05) is 6.92 Å². The van der Waals surface area contributed by atoms with Crippen molar-refractivity contribution in [1.82, 2.24) is 4.90 Å². The Balaban J connectivity index is 0.00000200. The van der Waals surface area contributed by atoms with Gasteiger partial charge in [-0.1, -0.05) is 6.42 Å². The normalized spacial score (nSPS) is 26.7. The van der Waals surface area contributed by atoms with Gasteiger partial charge in [-0.25, -0.2) is 0 Å². The van der Waals surface area contributed by atoms with Crippen molar-refractivity contribution in [2.75, 3.05) is 26.2 Å². The van der Waals surface area contributed by atoms with E-state index in [4.69, 9.17) is 10.5 Å². The third-order valence-corrected chi connectivity index (χ3v) is 4.02. The van der Waals surface area contributed by atoms with Crippen LogP contribution in [0.5, 0.6) is 0 Å². The number of hydrogen-bond donors (Lipinski definition) is 1. The number of morpholine rings is 1. The summed E-state index contributed by atoms with van der Waals surface area (Å²) < 4.78 is 44.3. The van der Waals surface area contributed by atoms with Gasteiger partial charge in [-0.15, -0.1) is 24.0 Å². The molecule has 1 aliphatic heterocycles. The van der Waals surface area contributed by atoms with Crippen LogP contribution in [0.25, 0.3) is 0 Å². The van der Waals surface area contributed by atoms with E-state index in [1.165, 1.54) is 0 Å². The van der Waals surface area contributed by atoms with Crippen molar-refractivity contribution in [2.24, 2.45) is 16.1 Å². The average Bonchev–Trinajstić information content (AvgIpc) is 2.25. The van der Waals surface area contributed by atoms with E-state index in [0.29, 0.717) is 26.1 Å². The number of alkyl halides is 3. The summed E-state index contributed by atoms with van der Waals surface area (Å²) >= 11 is 0. The molecule has 2 N–H and O–H groups in total. The van der Waals surface area contributed by atoms with Crippen molar-refractivity contribution in [3.63, 3.8) is 0 Å². The molecule has 2 rings (SSSR count). The third kappa shape index (κ3) is 3.69. The summed E-state index contributed by atoms with van der Waals surface area (Å²) in [6.45, 7) is 3.34. The van der Waals surface area contributed by atoms with Gasteiger partial charge >= 0.3 is 6.18 Å². The van der Waals surface area contributed by atoms with Gasteiger partial charge < -0.3 is 15.4 Å². The number of guanidine groups is 1. The standard InChI is InChI=1S/C12H20F3N3O.HI/c1-9-7-18(5-6-19-9)10(16)17-8-11(3-2-4-11)12(13,14)15;/h9H,2-8H2,1H3,(H2,16,17);1H. The van der Waals surface area contributed by atoms with Crippen LogP contribution >= 0.6 is 24.0 Å². The van der Waals surface area contributed by atoms with Crippen molar-refractivity contribution in [2.45, 2.75) is 38.5 Å². The Morgan fingerprint density at radius 2 is 2.10 bits per heavy atom. The van der Waals surface area contributed by atoms with Crippen molar-refractivity contribution in [1.29, 1.82) is 0 Å². The highest BCUT2D eigenvalue weighted by Crippen LogP contribution is 2.53. The molecule has 8 heteroatoms. The van der Waals surface area contributed by atoms with Crippen LogP contribution in [0.15, 0.2) is 4.99 Å². The van der Waals surface area contributed by atoms with E-state index in [9.17, 15) is 13.2 Å². The van der Waals surface area contributed by atoms with E-state index in [2.05, 4.69) is 4.99 Å². The molecule has 0 aromatic carbocycles. The summed E-state index contributed by atoms with van der Waals surface area (Å²) in [5.41, 5.74) is 4.15. The molecule has 2 fully saturated rings. The summed E-state index contributed by atoms with van der Waals surface area (Å²) in [6, 6.07) is 0. The number of nitrogens with two attached hydrogens (primary N) is 1. The first-order valence-corrected chi connectivity index (χ1v) is 6.57. The van der Waals surface area contributed by atoms with Crippen LogP contribution in [-0.4, -0.2) is 49.4 Å². The molecule has 0 radical (unpaired) electrons. The zero-order valence-corrected chi connectivity index (χ0v) is 13.8. The molecular formula is C12H21F3IN3O. The minimum atomic E-state index is -4.19. The lowest BCUT2D eigenvalue weighted by atomic mass is 9.68. The first kappa shape index (κ1) is 17.8. The summed E-state index contributed by atoms with van der Waals surface area (Å²) in [4.78, 5) is 5.78. The van der Waals surface area contributed by atoms with E-state index in [-0.39, 0.29) is 55.4 Å². The summed E-state index contributed by atoms with van der Waals surface area (Å²) in [5, 5.41) is 0. The molecule has 1 heterocycles. The molecule has 0 aromatic heterocycles. The minimum absolute atomic E-state index is 0. The highest BCUT2D eigenvalue weighted by atomic mass is 127. The smallest absolute Gasteiger partial charge is 0.375 e. The van der Waals surface area contributed by atoms with Crippen LogP contribution in [0.1, 0.15) is 26.2 Å². The summed E-state index contributed by atoms with van der Waals surface area (Å²) in [5.74, 6) is 0.200. The Kier molecular flexibility index (Phi) is 5.94. The maximum atomic E-state index is 13.0. The number of ether oxygens (including phenoxy) is 1. The van der Waals surface area contributed by atoms with Crippen LogP contribution in [0.3, 0.4) is 0 Å². The number of aliphatic imine (C=N–C) groups is 1. The lowest BCUT2D eigenvalue weighted by Gasteiger charge is -2.42. The lowest BCUT2D eigenvalue weighted by Crippen LogP contribution is -2.50. The molecule has 1 aliphatic carbocycles. The van der Waals surface area contributed by atoms with Gasteiger partial charge in [-0.3, -0.25) is 4.99 Å². The molecule has 0 aromatic rings. The highest BCUT2D eigenvalue weighted by Gasteiger charge is 2.58. The van der Waals surface area contributed by atoms with Crippen LogP contribution in [0, 0.1) is 5.41 Å². The van der Waals surface area contributed by atoms with E-state index < -0.39 is 11.6 Å². The van der Waals surface area contributed by atoms with Crippen molar-refractivity contribution < 1.29 is 17.9 Å². The largest absolute Gasteiger partial charge is 0.396 e. The topological polar surface area (TPSA) is 50.8 Å². The Labute approximate surface area is 133 Å². The van der Waals surface area contributed by atoms with Crippen LogP contribution < -0.4 is 5.73 Å². The molecule has 118 valence electrons. The maximum absolute atomic E-state index is 13.0. The van der Waals surface area contributed by atoms with Gasteiger partial charge in [0.15, 0.2) is 5.96 Å². The quantitative estimate of drug-likeness (QED) is 0.435. The molecule has 1 saturated carbocycles. The fraction of sp³-hybridized carbons (Fsp3) is 0.917. The van der Waals surface area contributed by atoms with E-state index >= 15 is 0 Å². The maximum Gasteiger partial charge on any atom is 0.396 e. The fourth-order valence-corrected chi connectivity index (χ4v) is 2.49. The van der Waals surface area contributed by atoms with Crippen LogP contribution in [0.2, 0.25) is 0 Å². The predicted octanol–water partition coefficient (Wildman–Crippen LogP) is 2.37. The molecule has 0 bridgehead atoms. The Bertz CT molecular complexity index is 358. The van der Waals surface area contributed by atoms with Crippen LogP contribution in [-0.2, 0) is 4.74 Å². The minimum Gasteiger partial charge on any atom is -0.375 e. The molecule has 2 aliphatic rings. The second-order valence-electron chi connectivity index (χ2n) is 5.43. The Hall–Kier alpha value is -0.250. The second kappa shape index (κ2) is 6.67. The zero-order valence-electron chi connectivity index (χ0n) is 11.4. The predicted molar refractivity (Wildman–Crippen MR) is 81.2 cm³/mol. The first-order valence-electron chi connectivity index (χ1n) is 6.57. The van der Waals surface area contributed by atoms with Gasteiger partial charge in [0.1, 0.15) is 0 Å². The average molecular weight is 407 g/mol. The third-order valence-electron chi connectivity index (χ3n) is 4.02. The molecule has 20 heavy (non-hydrogen) atoms. The Morgan fingerprint density at radius 3 is 2.55 bits per heavy atom. The van der Waals surface area contributed by atoms with Crippen molar-refractivity contribution in [3.8, 4) is 0 Å². The van der Waals surface area contributed by atoms with Crippen molar-refractivity contribution >= 4 is 29.9 Å². The van der Waals surface area contributed by atoms with E-state index in [1.54, 1.807) is 4.90 Å². The molecule has 0 spiro atoms. The molecule has 1 atom stereocenters. The monoisotopic (exact) mass is 407 g/mol. The molecule has 0 amide bonds. The number of hydrogen-bond acceptors (Lipinski definition) is 2. The zero-order chi connectivity index (χ0) is 14.1. The number of nitrogens with zero attached hydrogens (tertiary/aromatic N) is 2. The van der Waals surface area contributed by atoms with Crippen molar-refractivity contribution in [3.05, 3.63) is 0 Å². The lowest BCUT2D eigenvalue weighted by molar-refractivity contribution is -0.246. The fourth-order valence-electron chi connectivity index (χ4n) is 2.49. The van der Waals surface area contributed by atoms with Crippen LogP contribution in [0.4, 0.5) is 13.2 Å². The van der Waals surface area contributed by atoms with E-state index in [0.717, 1.165) is 0 Å². The molecule has 1 unspecified atom stereocenters. The van der Waals surface area contributed by atoms with Gasteiger partial charge in [-0.2, -0.15) is 13.2 Å². The molecular weight excluding hydrogens is 386 g/mol. The SMILES string of the molecule is CC1CN(C(N)=NCC2(C(F)(F)F)CCC2)CCO1.I. The first-order chi connectivity index (χ1) is 8.84. The van der Waals surface area contributed by atoms with Gasteiger partial charge in [-0.05, 0) is 19.8 Å².